The number of ketones is 1. The Morgan fingerprint density at radius 1 is 1.00 bits per heavy atom. The van der Waals surface area contributed by atoms with Gasteiger partial charge in [0.1, 0.15) is 0 Å². The van der Waals surface area contributed by atoms with Gasteiger partial charge in [-0.1, -0.05) is 39.0 Å². The molecule has 0 saturated carbocycles. The molecule has 1 aliphatic rings. The van der Waals surface area contributed by atoms with Crippen LogP contribution in [0.1, 0.15) is 84.0 Å². The van der Waals surface area contributed by atoms with Crippen molar-refractivity contribution in [2.24, 2.45) is 0 Å². The number of amides is 1. The van der Waals surface area contributed by atoms with Crippen LogP contribution in [0.4, 0.5) is 0 Å². The fraction of sp³-hybridized carbons (Fsp3) is 0.833. The van der Waals surface area contributed by atoms with Gasteiger partial charge in [-0.05, 0) is 32.1 Å². The number of hydrogen-bond acceptors (Lipinski definition) is 3. The molecule has 0 bridgehead atoms. The van der Waals surface area contributed by atoms with E-state index in [0.29, 0.717) is 13.0 Å². The summed E-state index contributed by atoms with van der Waals surface area (Å²) < 4.78 is 0. The summed E-state index contributed by atoms with van der Waals surface area (Å²) in [6.45, 7) is 2.79. The van der Waals surface area contributed by atoms with Crippen molar-refractivity contribution in [3.05, 3.63) is 0 Å². The molecular weight excluding hydrogens is 294 g/mol. The highest BCUT2D eigenvalue weighted by Gasteiger charge is 2.31. The van der Waals surface area contributed by atoms with Crippen LogP contribution in [0.5, 0.6) is 0 Å². The molecule has 0 aromatic rings. The van der Waals surface area contributed by atoms with Gasteiger partial charge in [-0.15, -0.1) is 0 Å². The first-order valence-electron chi connectivity index (χ1n) is 9.11. The highest BCUT2D eigenvalue weighted by atomic mass is 16.4. The summed E-state index contributed by atoms with van der Waals surface area (Å²) in [6.07, 6.45) is 10.0. The topological polar surface area (TPSA) is 74.7 Å². The van der Waals surface area contributed by atoms with Crippen LogP contribution in [0.15, 0.2) is 0 Å². The normalized spacial score (nSPS) is 17.4. The Hall–Kier alpha value is -1.39. The molecule has 1 unspecified atom stereocenters. The predicted octanol–water partition coefficient (Wildman–Crippen LogP) is 3.55. The van der Waals surface area contributed by atoms with Gasteiger partial charge in [0.05, 0.1) is 0 Å². The van der Waals surface area contributed by atoms with E-state index in [0.717, 1.165) is 64.2 Å². The Kier molecular flexibility index (Phi) is 9.57. The van der Waals surface area contributed by atoms with Gasteiger partial charge in [0.15, 0.2) is 0 Å². The van der Waals surface area contributed by atoms with Crippen molar-refractivity contribution >= 4 is 17.7 Å². The lowest BCUT2D eigenvalue weighted by atomic mass is 10.0. The lowest BCUT2D eigenvalue weighted by Gasteiger charge is -2.24. The molecule has 1 saturated heterocycles. The van der Waals surface area contributed by atoms with Gasteiger partial charge in [-0.3, -0.25) is 14.4 Å². The van der Waals surface area contributed by atoms with Gasteiger partial charge in [0.2, 0.25) is 5.78 Å². The molecule has 1 heterocycles. The standard InChI is InChI=1S/C18H31NO4/c1-2-3-6-12-16(20)18(23)19-14-9-11-15(19)10-7-4-5-8-13-17(21)22/h15H,2-14H2,1H3,(H,21,22). The second-order valence-electron chi connectivity index (χ2n) is 6.52. The van der Waals surface area contributed by atoms with Crippen LogP contribution in [-0.2, 0) is 14.4 Å². The Bertz CT molecular complexity index is 394. The molecule has 1 atom stereocenters. The first-order chi connectivity index (χ1) is 11.1. The lowest BCUT2D eigenvalue weighted by molar-refractivity contribution is -0.145. The highest BCUT2D eigenvalue weighted by Crippen LogP contribution is 2.23. The number of carboxylic acid groups (broad SMARTS) is 1. The second-order valence-corrected chi connectivity index (χ2v) is 6.52. The zero-order chi connectivity index (χ0) is 17.1. The summed E-state index contributed by atoms with van der Waals surface area (Å²) in [6, 6.07) is 0.206. The zero-order valence-corrected chi connectivity index (χ0v) is 14.4. The van der Waals surface area contributed by atoms with Gasteiger partial charge < -0.3 is 10.0 Å². The van der Waals surface area contributed by atoms with Crippen LogP contribution < -0.4 is 0 Å². The Balaban J connectivity index is 2.25. The first kappa shape index (κ1) is 19.7. The molecule has 1 amide bonds. The maximum absolute atomic E-state index is 12.3. The molecule has 5 heteroatoms. The molecule has 23 heavy (non-hydrogen) atoms. The lowest BCUT2D eigenvalue weighted by Crippen LogP contribution is -2.40. The van der Waals surface area contributed by atoms with Crippen LogP contribution in [-0.4, -0.2) is 40.3 Å². The monoisotopic (exact) mass is 325 g/mol. The molecule has 0 aliphatic carbocycles. The Labute approximate surface area is 139 Å². The Morgan fingerprint density at radius 2 is 1.70 bits per heavy atom. The molecule has 132 valence electrons. The third kappa shape index (κ3) is 7.62. The molecular formula is C18H31NO4. The number of carbonyl (C=O) groups is 3. The number of unbranched alkanes of at least 4 members (excludes halogenated alkanes) is 5. The maximum Gasteiger partial charge on any atom is 0.303 e. The van der Waals surface area contributed by atoms with Gasteiger partial charge in [0.25, 0.3) is 5.91 Å². The number of carbonyl (C=O) groups excluding carboxylic acids is 2. The quantitative estimate of drug-likeness (QED) is 0.440. The van der Waals surface area contributed by atoms with E-state index in [2.05, 4.69) is 6.92 Å². The van der Waals surface area contributed by atoms with Crippen molar-refractivity contribution < 1.29 is 19.5 Å². The third-order valence-corrected chi connectivity index (χ3v) is 4.56. The predicted molar refractivity (Wildman–Crippen MR) is 89.2 cm³/mol. The minimum absolute atomic E-state index is 0.206. The van der Waals surface area contributed by atoms with E-state index in [4.69, 9.17) is 5.11 Å². The van der Waals surface area contributed by atoms with Crippen LogP contribution >= 0.6 is 0 Å². The summed E-state index contributed by atoms with van der Waals surface area (Å²) in [5.74, 6) is -1.25. The van der Waals surface area contributed by atoms with Crippen LogP contribution in [0.3, 0.4) is 0 Å². The van der Waals surface area contributed by atoms with Gasteiger partial charge in [-0.2, -0.15) is 0 Å². The Morgan fingerprint density at radius 3 is 2.39 bits per heavy atom. The van der Waals surface area contributed by atoms with E-state index in [1.54, 1.807) is 4.90 Å². The second kappa shape index (κ2) is 11.2. The van der Waals surface area contributed by atoms with E-state index >= 15 is 0 Å². The minimum atomic E-state index is -0.737. The molecule has 1 N–H and O–H groups in total. The summed E-state index contributed by atoms with van der Waals surface area (Å²) in [5.41, 5.74) is 0. The number of Topliss-reactive ketones (excluding diaryl/α,β-unsaturated/α-hetero) is 1. The fourth-order valence-electron chi connectivity index (χ4n) is 3.22. The van der Waals surface area contributed by atoms with Crippen LogP contribution in [0, 0.1) is 0 Å². The first-order valence-corrected chi connectivity index (χ1v) is 9.11. The van der Waals surface area contributed by atoms with Crippen molar-refractivity contribution in [2.45, 2.75) is 90.0 Å². The SMILES string of the molecule is CCCCCC(=O)C(=O)N1CCCC1CCCCCCC(=O)O. The zero-order valence-electron chi connectivity index (χ0n) is 14.4. The molecule has 0 radical (unpaired) electrons. The number of rotatable bonds is 12. The number of likely N-dealkylation sites (tertiary alicyclic amines) is 1. The average Bonchev–Trinajstić information content (AvgIpc) is 2.98. The molecule has 5 nitrogen and oxygen atoms in total. The van der Waals surface area contributed by atoms with Gasteiger partial charge in [0, 0.05) is 25.4 Å². The largest absolute Gasteiger partial charge is 0.481 e. The summed E-state index contributed by atoms with van der Waals surface area (Å²) >= 11 is 0. The smallest absolute Gasteiger partial charge is 0.303 e. The number of nitrogens with zero attached hydrogens (tertiary/aromatic N) is 1. The molecule has 0 aromatic carbocycles. The fourth-order valence-corrected chi connectivity index (χ4v) is 3.22. The van der Waals surface area contributed by atoms with Crippen molar-refractivity contribution in [2.75, 3.05) is 6.54 Å². The number of aliphatic carboxylic acids is 1. The van der Waals surface area contributed by atoms with Crippen molar-refractivity contribution in [3.8, 4) is 0 Å². The van der Waals surface area contributed by atoms with Gasteiger partial charge in [-0.25, -0.2) is 0 Å². The van der Waals surface area contributed by atoms with E-state index in [1.165, 1.54) is 0 Å². The number of carboxylic acids is 1. The minimum Gasteiger partial charge on any atom is -0.481 e. The van der Waals surface area contributed by atoms with Crippen molar-refractivity contribution in [1.82, 2.24) is 4.90 Å². The average molecular weight is 325 g/mol. The van der Waals surface area contributed by atoms with E-state index in [-0.39, 0.29) is 24.2 Å². The van der Waals surface area contributed by atoms with Crippen molar-refractivity contribution in [1.29, 1.82) is 0 Å². The van der Waals surface area contributed by atoms with Crippen LogP contribution in [0.2, 0.25) is 0 Å². The number of hydrogen-bond donors (Lipinski definition) is 1. The third-order valence-electron chi connectivity index (χ3n) is 4.56. The summed E-state index contributed by atoms with van der Waals surface area (Å²) in [7, 11) is 0. The van der Waals surface area contributed by atoms with E-state index < -0.39 is 5.97 Å². The van der Waals surface area contributed by atoms with E-state index in [9.17, 15) is 14.4 Å². The van der Waals surface area contributed by atoms with Crippen LogP contribution in [0.25, 0.3) is 0 Å². The molecule has 1 fully saturated rings. The van der Waals surface area contributed by atoms with E-state index in [1.807, 2.05) is 0 Å². The summed E-state index contributed by atoms with van der Waals surface area (Å²) in [4.78, 5) is 36.5. The molecule has 0 aromatic heterocycles. The highest BCUT2D eigenvalue weighted by molar-refractivity contribution is 6.36. The molecule has 1 aliphatic heterocycles. The molecule has 1 rings (SSSR count). The van der Waals surface area contributed by atoms with Gasteiger partial charge >= 0.3 is 5.97 Å². The van der Waals surface area contributed by atoms with Crippen molar-refractivity contribution in [3.63, 3.8) is 0 Å². The summed E-state index contributed by atoms with van der Waals surface area (Å²) in [5, 5.41) is 8.59. The maximum atomic E-state index is 12.3. The molecule has 0 spiro atoms.